The fourth-order valence-electron chi connectivity index (χ4n) is 11.1. The van der Waals surface area contributed by atoms with Gasteiger partial charge in [0.1, 0.15) is 13.2 Å². The molecule has 83 heavy (non-hydrogen) atoms. The van der Waals surface area contributed by atoms with E-state index in [2.05, 4.69) is 55.6 Å². The summed E-state index contributed by atoms with van der Waals surface area (Å²) < 4.78 is 23.4. The molecule has 490 valence electrons. The first-order chi connectivity index (χ1) is 40.5. The molecule has 0 aromatic heterocycles. The lowest BCUT2D eigenvalue weighted by molar-refractivity contribution is -0.870. The molecule has 2 N–H and O–H groups in total. The number of rotatable bonds is 68. The Hall–Kier alpha value is -1.54. The largest absolute Gasteiger partial charge is 0.756 e. The number of unbranched alkanes of at least 4 members (excludes halogenated alkanes) is 49. The van der Waals surface area contributed by atoms with Gasteiger partial charge in [-0.3, -0.25) is 9.36 Å². The van der Waals surface area contributed by atoms with Gasteiger partial charge in [0, 0.05) is 6.42 Å². The van der Waals surface area contributed by atoms with Crippen molar-refractivity contribution in [3.8, 4) is 0 Å². The number of nitrogens with zero attached hydrogens (tertiary/aromatic N) is 1. The number of carbonyl (C=O) groups excluding carboxylic acids is 1. The second-order valence-electron chi connectivity index (χ2n) is 26.3. The van der Waals surface area contributed by atoms with Crippen molar-refractivity contribution in [1.29, 1.82) is 0 Å². The van der Waals surface area contributed by atoms with Crippen LogP contribution in [0, 0.1) is 0 Å². The molecule has 0 saturated carbocycles. The number of phosphoric ester groups is 1. The molecule has 9 heteroatoms. The molecule has 0 saturated heterocycles. The summed E-state index contributed by atoms with van der Waals surface area (Å²) in [5.41, 5.74) is 0. The lowest BCUT2D eigenvalue weighted by atomic mass is 10.0. The van der Waals surface area contributed by atoms with E-state index in [1.807, 2.05) is 27.2 Å². The molecule has 8 nitrogen and oxygen atoms in total. The van der Waals surface area contributed by atoms with Gasteiger partial charge >= 0.3 is 0 Å². The van der Waals surface area contributed by atoms with E-state index in [9.17, 15) is 19.4 Å². The maximum Gasteiger partial charge on any atom is 0.268 e. The number of quaternary nitrogens is 1. The molecular formula is C74H143N2O6P. The van der Waals surface area contributed by atoms with Crippen molar-refractivity contribution < 1.29 is 32.9 Å². The third-order valence-corrected chi connectivity index (χ3v) is 17.7. The average molecular weight is 1190 g/mol. The third kappa shape index (κ3) is 67.8. The lowest BCUT2D eigenvalue weighted by Crippen LogP contribution is -2.45. The van der Waals surface area contributed by atoms with Gasteiger partial charge < -0.3 is 28.8 Å². The SMILES string of the molecule is CCCCCCCCCCCCCCCC/C=C/CC/C=C/CC/C=C/C(O)C(COP(=O)([O-])OCC[N+](C)(C)C)NC(=O)CCCCCCCCCCCCCCCCCCC/C=C\CCCCCCCCCCCCCCCCCC. The fraction of sp³-hybridized carbons (Fsp3) is 0.878. The number of allylic oxidation sites excluding steroid dienone is 7. The van der Waals surface area contributed by atoms with Crippen molar-refractivity contribution in [2.24, 2.45) is 0 Å². The van der Waals surface area contributed by atoms with Gasteiger partial charge in [0.2, 0.25) is 5.91 Å². The molecule has 0 aliphatic carbocycles. The Morgan fingerprint density at radius 1 is 0.410 bits per heavy atom. The Morgan fingerprint density at radius 2 is 0.675 bits per heavy atom. The van der Waals surface area contributed by atoms with Gasteiger partial charge in [-0.1, -0.05) is 339 Å². The zero-order valence-corrected chi connectivity index (χ0v) is 57.1. The van der Waals surface area contributed by atoms with Crippen LogP contribution in [-0.4, -0.2) is 68.5 Å². The van der Waals surface area contributed by atoms with Crippen LogP contribution in [-0.2, 0) is 18.4 Å². The number of hydrogen-bond donors (Lipinski definition) is 2. The monoisotopic (exact) mass is 1190 g/mol. The Kier molecular flexibility index (Phi) is 63.7. The average Bonchev–Trinajstić information content (AvgIpc) is 3.50. The maximum atomic E-state index is 13.0. The Balaban J connectivity index is 4.02. The van der Waals surface area contributed by atoms with Crippen LogP contribution in [0.15, 0.2) is 48.6 Å². The Bertz CT molecular complexity index is 1490. The van der Waals surface area contributed by atoms with E-state index in [0.29, 0.717) is 17.4 Å². The number of phosphoric acid groups is 1. The number of aliphatic hydroxyl groups excluding tert-OH is 1. The van der Waals surface area contributed by atoms with Gasteiger partial charge in [0.25, 0.3) is 7.82 Å². The molecule has 0 aliphatic heterocycles. The van der Waals surface area contributed by atoms with Crippen LogP contribution < -0.4 is 10.2 Å². The minimum atomic E-state index is -4.62. The van der Waals surface area contributed by atoms with Crippen LogP contribution in [0.1, 0.15) is 367 Å². The van der Waals surface area contributed by atoms with Gasteiger partial charge in [-0.2, -0.15) is 0 Å². The third-order valence-electron chi connectivity index (χ3n) is 16.7. The number of aliphatic hydroxyl groups is 1. The van der Waals surface area contributed by atoms with E-state index in [1.165, 1.54) is 302 Å². The van der Waals surface area contributed by atoms with Gasteiger partial charge in [-0.05, 0) is 70.6 Å². The Morgan fingerprint density at radius 3 is 0.976 bits per heavy atom. The quantitative estimate of drug-likeness (QED) is 0.0272. The summed E-state index contributed by atoms with van der Waals surface area (Å²) in [6.07, 6.45) is 88.3. The highest BCUT2D eigenvalue weighted by Gasteiger charge is 2.23. The standard InChI is InChI=1S/C74H143N2O6P/c1-6-8-10-12-14-16-18-20-22-24-26-28-30-32-33-34-35-36-37-38-39-40-41-42-43-44-46-48-50-52-54-56-58-60-62-64-66-68-74(78)75-72(71-82-83(79,80)81-70-69-76(3,4)5)73(77)67-65-63-61-59-57-55-53-51-49-47-45-31-29-27-25-23-21-19-17-15-13-11-9-7-2/h36-37,49,51,57,59,65,67,72-73,77H,6-35,38-48,50,52-56,58,60-64,66,68-71H2,1-5H3,(H-,75,78,79,80)/b37-36-,51-49+,59-57+,67-65+. The molecule has 3 unspecified atom stereocenters. The van der Waals surface area contributed by atoms with Crippen molar-refractivity contribution >= 4 is 13.7 Å². The predicted molar refractivity (Wildman–Crippen MR) is 362 cm³/mol. The van der Waals surface area contributed by atoms with Crippen LogP contribution in [0.4, 0.5) is 0 Å². The van der Waals surface area contributed by atoms with E-state index in [-0.39, 0.29) is 12.5 Å². The summed E-state index contributed by atoms with van der Waals surface area (Å²) in [7, 11) is 1.25. The maximum absolute atomic E-state index is 13.0. The highest BCUT2D eigenvalue weighted by molar-refractivity contribution is 7.45. The molecule has 0 aromatic rings. The first kappa shape index (κ1) is 81.5. The molecule has 1 amide bonds. The van der Waals surface area contributed by atoms with Gasteiger partial charge in [-0.25, -0.2) is 0 Å². The molecule has 0 rings (SSSR count). The van der Waals surface area contributed by atoms with E-state index < -0.39 is 26.6 Å². The second kappa shape index (κ2) is 64.9. The fourth-order valence-corrected chi connectivity index (χ4v) is 11.8. The molecule has 0 aromatic carbocycles. The number of nitrogens with one attached hydrogen (secondary N) is 1. The zero-order valence-electron chi connectivity index (χ0n) is 56.2. The molecule has 0 radical (unpaired) electrons. The molecule has 3 atom stereocenters. The number of hydrogen-bond acceptors (Lipinski definition) is 6. The van der Waals surface area contributed by atoms with Crippen molar-refractivity contribution in [2.75, 3.05) is 40.9 Å². The summed E-state index contributed by atoms with van der Waals surface area (Å²) in [5.74, 6) is -0.205. The van der Waals surface area contributed by atoms with E-state index in [1.54, 1.807) is 6.08 Å². The van der Waals surface area contributed by atoms with Gasteiger partial charge in [0.05, 0.1) is 39.9 Å². The summed E-state index contributed by atoms with van der Waals surface area (Å²) in [4.78, 5) is 25.6. The van der Waals surface area contributed by atoms with Crippen molar-refractivity contribution in [1.82, 2.24) is 5.32 Å². The van der Waals surface area contributed by atoms with Gasteiger partial charge in [0.15, 0.2) is 0 Å². The smallest absolute Gasteiger partial charge is 0.268 e. The zero-order chi connectivity index (χ0) is 60.5. The highest BCUT2D eigenvalue weighted by atomic mass is 31.2. The first-order valence-corrected chi connectivity index (χ1v) is 38.0. The van der Waals surface area contributed by atoms with Crippen molar-refractivity contribution in [3.05, 3.63) is 48.6 Å². The van der Waals surface area contributed by atoms with Crippen molar-refractivity contribution in [3.63, 3.8) is 0 Å². The van der Waals surface area contributed by atoms with Crippen LogP contribution in [0.5, 0.6) is 0 Å². The highest BCUT2D eigenvalue weighted by Crippen LogP contribution is 2.38. The molecule has 0 spiro atoms. The number of likely N-dealkylation sites (N-methyl/N-ethyl adjacent to an activating group) is 1. The van der Waals surface area contributed by atoms with Crippen LogP contribution >= 0.6 is 7.82 Å². The Labute approximate surface area is 518 Å². The lowest BCUT2D eigenvalue weighted by Gasteiger charge is -2.29. The molecule has 0 heterocycles. The second-order valence-corrected chi connectivity index (χ2v) is 27.7. The van der Waals surface area contributed by atoms with E-state index >= 15 is 0 Å². The molecule has 0 bridgehead atoms. The first-order valence-electron chi connectivity index (χ1n) is 36.5. The topological polar surface area (TPSA) is 108 Å². The van der Waals surface area contributed by atoms with Gasteiger partial charge in [-0.15, -0.1) is 0 Å². The summed E-state index contributed by atoms with van der Waals surface area (Å²) in [6.45, 7) is 4.67. The predicted octanol–water partition coefficient (Wildman–Crippen LogP) is 22.8. The molecular weight excluding hydrogens is 1040 g/mol. The van der Waals surface area contributed by atoms with Crippen LogP contribution in [0.25, 0.3) is 0 Å². The summed E-state index contributed by atoms with van der Waals surface area (Å²) in [5, 5.41) is 13.9. The van der Waals surface area contributed by atoms with Crippen LogP contribution in [0.3, 0.4) is 0 Å². The number of amides is 1. The summed E-state index contributed by atoms with van der Waals surface area (Å²) >= 11 is 0. The normalized spacial score (nSPS) is 13.9. The summed E-state index contributed by atoms with van der Waals surface area (Å²) in [6, 6.07) is -0.911. The molecule has 0 fully saturated rings. The minimum absolute atomic E-state index is 0.00830. The van der Waals surface area contributed by atoms with Crippen LogP contribution in [0.2, 0.25) is 0 Å². The molecule has 0 aliphatic rings. The number of carbonyl (C=O) groups is 1. The van der Waals surface area contributed by atoms with Crippen molar-refractivity contribution in [2.45, 2.75) is 379 Å². The minimum Gasteiger partial charge on any atom is -0.756 e. The van der Waals surface area contributed by atoms with E-state index in [0.717, 1.165) is 44.9 Å². The van der Waals surface area contributed by atoms with E-state index in [4.69, 9.17) is 9.05 Å².